The van der Waals surface area contributed by atoms with E-state index in [2.05, 4.69) is 20.6 Å². The number of nitrogens with one attached hydrogen (secondary N) is 3. The van der Waals surface area contributed by atoms with Crippen LogP contribution in [0.2, 0.25) is 0 Å². The van der Waals surface area contributed by atoms with E-state index in [0.717, 1.165) is 0 Å². The van der Waals surface area contributed by atoms with Gasteiger partial charge in [-0.2, -0.15) is 0 Å². The van der Waals surface area contributed by atoms with Crippen molar-refractivity contribution in [1.82, 2.24) is 20.6 Å². The van der Waals surface area contributed by atoms with Gasteiger partial charge in [0.2, 0.25) is 11.8 Å². The van der Waals surface area contributed by atoms with Crippen LogP contribution >= 0.6 is 0 Å². The molecule has 0 unspecified atom stereocenters. The molecule has 1 rings (SSSR count). The van der Waals surface area contributed by atoms with Crippen molar-refractivity contribution >= 4 is 17.8 Å². The number of carboxylic acid groups (broad SMARTS) is 1. The maximum atomic E-state index is 11.7. The maximum absolute atomic E-state index is 11.7. The van der Waals surface area contributed by atoms with Crippen molar-refractivity contribution in [2.24, 2.45) is 5.41 Å². The van der Waals surface area contributed by atoms with Crippen LogP contribution in [0.15, 0.2) is 12.5 Å². The summed E-state index contributed by atoms with van der Waals surface area (Å²) in [5.41, 5.74) is -0.0102. The van der Waals surface area contributed by atoms with Crippen LogP contribution in [0.25, 0.3) is 0 Å². The number of H-pyrrole nitrogens is 1. The van der Waals surface area contributed by atoms with Gasteiger partial charge in [-0.3, -0.25) is 9.59 Å². The van der Waals surface area contributed by atoms with Gasteiger partial charge in [0, 0.05) is 23.7 Å². The van der Waals surface area contributed by atoms with Crippen molar-refractivity contribution in [3.63, 3.8) is 0 Å². The molecule has 0 radical (unpaired) electrons. The lowest BCUT2D eigenvalue weighted by atomic mass is 9.96. The summed E-state index contributed by atoms with van der Waals surface area (Å²) in [4.78, 5) is 41.0. The van der Waals surface area contributed by atoms with E-state index in [4.69, 9.17) is 5.11 Å². The number of rotatable bonds is 6. The molecule has 0 saturated carbocycles. The molecule has 116 valence electrons. The van der Waals surface area contributed by atoms with Crippen LogP contribution in [0.4, 0.5) is 0 Å². The molecule has 1 atom stereocenters. The number of carboxylic acids is 1. The maximum Gasteiger partial charge on any atom is 0.326 e. The average Bonchev–Trinajstić information content (AvgIpc) is 2.86. The first-order valence-corrected chi connectivity index (χ1v) is 6.48. The molecule has 0 aliphatic carbocycles. The number of carbonyl (C=O) groups excluding carboxylic acids is 2. The van der Waals surface area contributed by atoms with Gasteiger partial charge in [-0.1, -0.05) is 20.8 Å². The lowest BCUT2D eigenvalue weighted by molar-refractivity contribution is -0.141. The summed E-state index contributed by atoms with van der Waals surface area (Å²) >= 11 is 0. The minimum atomic E-state index is -1.15. The second-order valence-electron chi connectivity index (χ2n) is 5.67. The summed E-state index contributed by atoms with van der Waals surface area (Å²) in [5, 5.41) is 13.9. The number of aromatic amines is 1. The van der Waals surface area contributed by atoms with Crippen LogP contribution in [0.5, 0.6) is 0 Å². The summed E-state index contributed by atoms with van der Waals surface area (Å²) in [6.45, 7) is 4.90. The lowest BCUT2D eigenvalue weighted by Crippen LogP contribution is -2.48. The van der Waals surface area contributed by atoms with Gasteiger partial charge in [-0.05, 0) is 0 Å². The van der Waals surface area contributed by atoms with Crippen molar-refractivity contribution in [1.29, 1.82) is 0 Å². The van der Waals surface area contributed by atoms with Gasteiger partial charge >= 0.3 is 5.97 Å². The zero-order valence-electron chi connectivity index (χ0n) is 12.3. The van der Waals surface area contributed by atoms with Crippen molar-refractivity contribution in [2.75, 3.05) is 6.54 Å². The van der Waals surface area contributed by atoms with Crippen molar-refractivity contribution in [2.45, 2.75) is 33.2 Å². The third-order valence-corrected chi connectivity index (χ3v) is 2.70. The van der Waals surface area contributed by atoms with E-state index in [1.807, 2.05) is 0 Å². The molecule has 0 aliphatic rings. The number of nitrogens with zero attached hydrogens (tertiary/aromatic N) is 1. The summed E-state index contributed by atoms with van der Waals surface area (Å²) in [5.74, 6) is -1.99. The van der Waals surface area contributed by atoms with E-state index in [1.54, 1.807) is 20.8 Å². The van der Waals surface area contributed by atoms with Crippen LogP contribution in [0.3, 0.4) is 0 Å². The first kappa shape index (κ1) is 16.7. The Morgan fingerprint density at radius 3 is 2.52 bits per heavy atom. The van der Waals surface area contributed by atoms with Gasteiger partial charge in [-0.25, -0.2) is 9.78 Å². The van der Waals surface area contributed by atoms with Gasteiger partial charge < -0.3 is 20.7 Å². The van der Waals surface area contributed by atoms with E-state index in [9.17, 15) is 14.4 Å². The van der Waals surface area contributed by atoms with Crippen LogP contribution in [-0.4, -0.2) is 45.4 Å². The Balaban J connectivity index is 2.50. The zero-order valence-corrected chi connectivity index (χ0v) is 12.3. The van der Waals surface area contributed by atoms with Gasteiger partial charge in [0.05, 0.1) is 12.9 Å². The Kier molecular flexibility index (Phi) is 5.45. The predicted molar refractivity (Wildman–Crippen MR) is 74.3 cm³/mol. The zero-order chi connectivity index (χ0) is 16.0. The number of hydrogen-bond acceptors (Lipinski definition) is 4. The van der Waals surface area contributed by atoms with Gasteiger partial charge in [-0.15, -0.1) is 0 Å². The van der Waals surface area contributed by atoms with E-state index in [1.165, 1.54) is 12.5 Å². The molecule has 0 saturated heterocycles. The largest absolute Gasteiger partial charge is 0.480 e. The van der Waals surface area contributed by atoms with Crippen molar-refractivity contribution < 1.29 is 19.5 Å². The molecule has 8 nitrogen and oxygen atoms in total. The monoisotopic (exact) mass is 296 g/mol. The Hall–Kier alpha value is -2.38. The second-order valence-corrected chi connectivity index (χ2v) is 5.67. The van der Waals surface area contributed by atoms with E-state index < -0.39 is 23.3 Å². The fourth-order valence-electron chi connectivity index (χ4n) is 1.49. The highest BCUT2D eigenvalue weighted by Crippen LogP contribution is 2.11. The van der Waals surface area contributed by atoms with Gasteiger partial charge in [0.1, 0.15) is 6.04 Å². The molecule has 0 aromatic carbocycles. The minimum absolute atomic E-state index is 0.0916. The molecule has 0 bridgehead atoms. The molecular weight excluding hydrogens is 276 g/mol. The molecule has 21 heavy (non-hydrogen) atoms. The number of imidazole rings is 1. The van der Waals surface area contributed by atoms with E-state index in [0.29, 0.717) is 5.69 Å². The Labute approximate surface area is 122 Å². The number of carbonyl (C=O) groups is 3. The molecular formula is C13H20N4O4. The summed E-state index contributed by atoms with van der Waals surface area (Å²) in [6, 6.07) is -1.08. The first-order valence-electron chi connectivity index (χ1n) is 6.48. The highest BCUT2D eigenvalue weighted by atomic mass is 16.4. The summed E-state index contributed by atoms with van der Waals surface area (Å²) in [6.07, 6.45) is 3.01. The lowest BCUT2D eigenvalue weighted by Gasteiger charge is -2.18. The van der Waals surface area contributed by atoms with Gasteiger partial charge in [0.15, 0.2) is 0 Å². The molecule has 8 heteroatoms. The highest BCUT2D eigenvalue weighted by molar-refractivity contribution is 5.89. The average molecular weight is 296 g/mol. The van der Waals surface area contributed by atoms with E-state index >= 15 is 0 Å². The van der Waals surface area contributed by atoms with Crippen LogP contribution < -0.4 is 10.6 Å². The molecule has 0 aliphatic heterocycles. The third-order valence-electron chi connectivity index (χ3n) is 2.70. The van der Waals surface area contributed by atoms with Crippen LogP contribution in [0, 0.1) is 5.41 Å². The Morgan fingerprint density at radius 2 is 2.05 bits per heavy atom. The molecule has 1 aromatic heterocycles. The molecule has 1 heterocycles. The predicted octanol–water partition coefficient (Wildman–Crippen LogP) is -0.316. The molecule has 4 N–H and O–H groups in total. The SMILES string of the molecule is CC(C)(C)C(=O)NCC(=O)N[C@H](Cc1cnc[nH]1)C(=O)O. The third kappa shape index (κ3) is 5.64. The highest BCUT2D eigenvalue weighted by Gasteiger charge is 2.24. The van der Waals surface area contributed by atoms with Crippen LogP contribution in [0.1, 0.15) is 26.5 Å². The number of hydrogen-bond donors (Lipinski definition) is 4. The Morgan fingerprint density at radius 1 is 1.38 bits per heavy atom. The smallest absolute Gasteiger partial charge is 0.326 e. The molecule has 2 amide bonds. The first-order chi connectivity index (χ1) is 9.70. The van der Waals surface area contributed by atoms with Crippen molar-refractivity contribution in [3.8, 4) is 0 Å². The van der Waals surface area contributed by atoms with Crippen LogP contribution in [-0.2, 0) is 20.8 Å². The van der Waals surface area contributed by atoms with Crippen molar-refractivity contribution in [3.05, 3.63) is 18.2 Å². The number of amides is 2. The second kappa shape index (κ2) is 6.87. The topological polar surface area (TPSA) is 124 Å². The fraction of sp³-hybridized carbons (Fsp3) is 0.538. The molecule has 0 spiro atoms. The summed E-state index contributed by atoms with van der Waals surface area (Å²) < 4.78 is 0. The van der Waals surface area contributed by atoms with Gasteiger partial charge in [0.25, 0.3) is 0 Å². The Bertz CT molecular complexity index is 505. The molecule has 0 fully saturated rings. The normalized spacial score (nSPS) is 12.5. The quantitative estimate of drug-likeness (QED) is 0.573. The van der Waals surface area contributed by atoms with E-state index in [-0.39, 0.29) is 18.9 Å². The standard InChI is InChI=1S/C13H20N4O4/c1-13(2,3)12(21)15-6-10(18)17-9(11(19)20)4-8-5-14-7-16-8/h5,7,9H,4,6H2,1-3H3,(H,14,16)(H,15,21)(H,17,18)(H,19,20)/t9-/m1/s1. The number of aliphatic carboxylic acids is 1. The minimum Gasteiger partial charge on any atom is -0.480 e. The fourth-order valence-corrected chi connectivity index (χ4v) is 1.49. The number of aromatic nitrogens is 2. The molecule has 1 aromatic rings. The summed E-state index contributed by atoms with van der Waals surface area (Å²) in [7, 11) is 0.